The van der Waals surface area contributed by atoms with Crippen LogP contribution in [0.25, 0.3) is 0 Å². The molecule has 0 aliphatic carbocycles. The number of anilines is 4. The molecule has 0 aliphatic rings. The number of aromatic nitrogens is 2. The lowest BCUT2D eigenvalue weighted by Gasteiger charge is -2.12. The van der Waals surface area contributed by atoms with Gasteiger partial charge in [-0.25, -0.2) is 9.97 Å². The fourth-order valence-corrected chi connectivity index (χ4v) is 2.70. The number of nitro groups is 1. The van der Waals surface area contributed by atoms with Gasteiger partial charge in [0, 0.05) is 28.4 Å². The standard InChI is InChI=1S/C17H13BrFN5O3/c1-27-15-6-12(19)14(24(25)26)7-13(15)23-17-8-16(20-9-21-17)22-11-4-2-3-10(18)5-11/h2-9H,1H3,(H2,20,21,22,23). The van der Waals surface area contributed by atoms with Crippen molar-refractivity contribution in [2.24, 2.45) is 0 Å². The van der Waals surface area contributed by atoms with Gasteiger partial charge in [-0.05, 0) is 18.2 Å². The molecule has 1 aromatic heterocycles. The number of benzene rings is 2. The molecule has 0 saturated heterocycles. The number of ether oxygens (including phenoxy) is 1. The van der Waals surface area contributed by atoms with Gasteiger partial charge in [-0.2, -0.15) is 4.39 Å². The summed E-state index contributed by atoms with van der Waals surface area (Å²) in [5.74, 6) is -0.0248. The quantitative estimate of drug-likeness (QED) is 0.425. The van der Waals surface area contributed by atoms with Crippen LogP contribution in [0.4, 0.5) is 33.1 Å². The number of hydrogen-bond acceptors (Lipinski definition) is 7. The molecule has 0 amide bonds. The Labute approximate surface area is 161 Å². The van der Waals surface area contributed by atoms with Gasteiger partial charge in [-0.1, -0.05) is 22.0 Å². The molecule has 10 heteroatoms. The Hall–Kier alpha value is -3.27. The molecule has 0 radical (unpaired) electrons. The molecule has 0 atom stereocenters. The number of methoxy groups -OCH3 is 1. The first kappa shape index (κ1) is 18.5. The van der Waals surface area contributed by atoms with Gasteiger partial charge in [0.1, 0.15) is 23.7 Å². The Bertz CT molecular complexity index is 1000. The molecule has 0 fully saturated rings. The summed E-state index contributed by atoms with van der Waals surface area (Å²) < 4.78 is 19.7. The minimum atomic E-state index is -0.984. The fourth-order valence-electron chi connectivity index (χ4n) is 2.30. The smallest absolute Gasteiger partial charge is 0.307 e. The number of halogens is 2. The minimum absolute atomic E-state index is 0.109. The van der Waals surface area contributed by atoms with Crippen LogP contribution in [0.2, 0.25) is 0 Å². The summed E-state index contributed by atoms with van der Waals surface area (Å²) in [6, 6.07) is 11.1. The molecule has 2 aromatic carbocycles. The molecule has 0 bridgehead atoms. The van der Waals surface area contributed by atoms with E-state index in [-0.39, 0.29) is 11.4 Å². The van der Waals surface area contributed by atoms with Crippen molar-refractivity contribution in [1.82, 2.24) is 9.97 Å². The molecule has 3 aromatic rings. The maximum absolute atomic E-state index is 13.8. The molecular formula is C17H13BrFN5O3. The van der Waals surface area contributed by atoms with E-state index in [0.717, 1.165) is 22.3 Å². The molecule has 8 nitrogen and oxygen atoms in total. The van der Waals surface area contributed by atoms with Crippen molar-refractivity contribution in [1.29, 1.82) is 0 Å². The first-order valence-electron chi connectivity index (χ1n) is 7.60. The summed E-state index contributed by atoms with van der Waals surface area (Å²) in [5, 5.41) is 17.0. The van der Waals surface area contributed by atoms with Crippen LogP contribution in [0.5, 0.6) is 5.75 Å². The van der Waals surface area contributed by atoms with Crippen molar-refractivity contribution in [2.45, 2.75) is 0 Å². The van der Waals surface area contributed by atoms with Crippen molar-refractivity contribution < 1.29 is 14.1 Å². The van der Waals surface area contributed by atoms with E-state index in [1.807, 2.05) is 24.3 Å². The lowest BCUT2D eigenvalue weighted by atomic mass is 10.2. The molecule has 0 spiro atoms. The van der Waals surface area contributed by atoms with Gasteiger partial charge < -0.3 is 15.4 Å². The number of nitrogens with one attached hydrogen (secondary N) is 2. The third-order valence-electron chi connectivity index (χ3n) is 3.49. The molecule has 3 rings (SSSR count). The summed E-state index contributed by atoms with van der Waals surface area (Å²) in [6.45, 7) is 0. The molecule has 2 N–H and O–H groups in total. The van der Waals surface area contributed by atoms with Crippen LogP contribution in [0.1, 0.15) is 0 Å². The third kappa shape index (κ3) is 4.47. The normalized spacial score (nSPS) is 10.3. The zero-order valence-electron chi connectivity index (χ0n) is 13.9. The molecule has 0 unspecified atom stereocenters. The Kier molecular flexibility index (Phi) is 5.46. The molecule has 0 saturated carbocycles. The van der Waals surface area contributed by atoms with E-state index in [1.165, 1.54) is 13.4 Å². The zero-order chi connectivity index (χ0) is 19.4. The highest BCUT2D eigenvalue weighted by Gasteiger charge is 2.19. The van der Waals surface area contributed by atoms with E-state index in [4.69, 9.17) is 4.74 Å². The number of hydrogen-bond donors (Lipinski definition) is 2. The maximum Gasteiger partial charge on any atom is 0.307 e. The second kappa shape index (κ2) is 7.96. The predicted molar refractivity (Wildman–Crippen MR) is 102 cm³/mol. The monoisotopic (exact) mass is 433 g/mol. The first-order valence-corrected chi connectivity index (χ1v) is 8.39. The third-order valence-corrected chi connectivity index (χ3v) is 3.99. The van der Waals surface area contributed by atoms with Crippen molar-refractivity contribution >= 4 is 44.6 Å². The van der Waals surface area contributed by atoms with Crippen LogP contribution in [-0.2, 0) is 0 Å². The fraction of sp³-hybridized carbons (Fsp3) is 0.0588. The number of nitrogens with zero attached hydrogens (tertiary/aromatic N) is 3. The predicted octanol–water partition coefficient (Wildman–Crippen LogP) is 4.78. The SMILES string of the molecule is COc1cc(F)c([N+](=O)[O-])cc1Nc1cc(Nc2cccc(Br)c2)ncn1. The Balaban J connectivity index is 1.88. The number of nitro benzene ring substituents is 1. The average molecular weight is 434 g/mol. The summed E-state index contributed by atoms with van der Waals surface area (Å²) in [5.41, 5.74) is 0.349. The van der Waals surface area contributed by atoms with Crippen molar-refractivity contribution in [2.75, 3.05) is 17.7 Å². The van der Waals surface area contributed by atoms with Gasteiger partial charge in [0.05, 0.1) is 17.7 Å². The van der Waals surface area contributed by atoms with Gasteiger partial charge in [0.25, 0.3) is 0 Å². The summed E-state index contributed by atoms with van der Waals surface area (Å²) in [4.78, 5) is 18.4. The second-order valence-corrected chi connectivity index (χ2v) is 6.23. The second-order valence-electron chi connectivity index (χ2n) is 5.31. The van der Waals surface area contributed by atoms with Crippen molar-refractivity contribution in [3.63, 3.8) is 0 Å². The van der Waals surface area contributed by atoms with Gasteiger partial charge >= 0.3 is 5.69 Å². The van der Waals surface area contributed by atoms with Gasteiger partial charge in [0.15, 0.2) is 0 Å². The zero-order valence-corrected chi connectivity index (χ0v) is 15.5. The molecule has 1 heterocycles. The van der Waals surface area contributed by atoms with Gasteiger partial charge in [0.2, 0.25) is 5.82 Å². The molecule has 27 heavy (non-hydrogen) atoms. The lowest BCUT2D eigenvalue weighted by molar-refractivity contribution is -0.387. The Morgan fingerprint density at radius 2 is 1.89 bits per heavy atom. The van der Waals surface area contributed by atoms with E-state index in [1.54, 1.807) is 6.07 Å². The van der Waals surface area contributed by atoms with Crippen LogP contribution < -0.4 is 15.4 Å². The lowest BCUT2D eigenvalue weighted by Crippen LogP contribution is -2.02. The maximum atomic E-state index is 13.8. The summed E-state index contributed by atoms with van der Waals surface area (Å²) in [7, 11) is 1.34. The average Bonchev–Trinajstić information content (AvgIpc) is 2.63. The Morgan fingerprint density at radius 3 is 2.56 bits per heavy atom. The van der Waals surface area contributed by atoms with Crippen LogP contribution >= 0.6 is 15.9 Å². The van der Waals surface area contributed by atoms with E-state index in [0.29, 0.717) is 11.6 Å². The summed E-state index contributed by atoms with van der Waals surface area (Å²) >= 11 is 3.39. The van der Waals surface area contributed by atoms with Crippen molar-refractivity contribution in [3.8, 4) is 5.75 Å². The van der Waals surface area contributed by atoms with E-state index in [2.05, 4.69) is 36.5 Å². The van der Waals surface area contributed by atoms with Gasteiger partial charge in [-0.3, -0.25) is 10.1 Å². The highest BCUT2D eigenvalue weighted by atomic mass is 79.9. The van der Waals surface area contributed by atoms with E-state index < -0.39 is 16.4 Å². The van der Waals surface area contributed by atoms with Gasteiger partial charge in [-0.15, -0.1) is 0 Å². The first-order chi connectivity index (χ1) is 13.0. The Morgan fingerprint density at radius 1 is 1.15 bits per heavy atom. The number of rotatable bonds is 6. The van der Waals surface area contributed by atoms with Crippen LogP contribution in [-0.4, -0.2) is 22.0 Å². The topological polar surface area (TPSA) is 102 Å². The highest BCUT2D eigenvalue weighted by molar-refractivity contribution is 9.10. The largest absolute Gasteiger partial charge is 0.494 e. The molecule has 138 valence electrons. The van der Waals surface area contributed by atoms with E-state index in [9.17, 15) is 14.5 Å². The molecular weight excluding hydrogens is 421 g/mol. The van der Waals surface area contributed by atoms with E-state index >= 15 is 0 Å². The van der Waals surface area contributed by atoms with Crippen LogP contribution in [0.15, 0.2) is 53.3 Å². The minimum Gasteiger partial charge on any atom is -0.494 e. The molecule has 0 aliphatic heterocycles. The highest BCUT2D eigenvalue weighted by Crippen LogP contribution is 2.33. The summed E-state index contributed by atoms with van der Waals surface area (Å²) in [6.07, 6.45) is 1.33. The van der Waals surface area contributed by atoms with Crippen LogP contribution in [0, 0.1) is 15.9 Å². The van der Waals surface area contributed by atoms with Crippen molar-refractivity contribution in [3.05, 3.63) is 69.2 Å². The van der Waals surface area contributed by atoms with Crippen LogP contribution in [0.3, 0.4) is 0 Å².